The summed E-state index contributed by atoms with van der Waals surface area (Å²) in [7, 11) is -0.0404. The number of thioether (sulfide) groups is 1. The zero-order valence-electron chi connectivity index (χ0n) is 15.8. The lowest BCUT2D eigenvalue weighted by Crippen LogP contribution is -2.30. The second-order valence-electron chi connectivity index (χ2n) is 6.61. The topological polar surface area (TPSA) is 119 Å². The van der Waals surface area contributed by atoms with Crippen molar-refractivity contribution in [1.82, 2.24) is 4.90 Å². The highest BCUT2D eigenvalue weighted by atomic mass is 32.2. The smallest absolute Gasteiger partial charge is 0.292 e. The van der Waals surface area contributed by atoms with Gasteiger partial charge in [-0.1, -0.05) is 24.3 Å². The summed E-state index contributed by atoms with van der Waals surface area (Å²) in [5, 5.41) is 15.3. The van der Waals surface area contributed by atoms with Gasteiger partial charge in [-0.15, -0.1) is 11.8 Å². The molecule has 1 aliphatic carbocycles. The van der Waals surface area contributed by atoms with Gasteiger partial charge in [0.2, 0.25) is 10.0 Å². The Hall–Kier alpha value is -2.01. The van der Waals surface area contributed by atoms with E-state index in [1.54, 1.807) is 11.8 Å². The zero-order chi connectivity index (χ0) is 20.7. The Kier molecular flexibility index (Phi) is 7.93. The lowest BCUT2D eigenvalue weighted by molar-refractivity contribution is -0.415. The molecule has 0 heterocycles. The molecule has 0 aliphatic heterocycles. The maximum atomic E-state index is 11.5. The van der Waals surface area contributed by atoms with Crippen LogP contribution in [0.15, 0.2) is 64.1 Å². The predicted octanol–water partition coefficient (Wildman–Crippen LogP) is 1.93. The van der Waals surface area contributed by atoms with Gasteiger partial charge in [0.05, 0.1) is 11.0 Å². The van der Waals surface area contributed by atoms with Crippen molar-refractivity contribution in [2.24, 2.45) is 10.1 Å². The summed E-state index contributed by atoms with van der Waals surface area (Å²) in [5.74, 6) is 0.652. The van der Waals surface area contributed by atoms with Crippen LogP contribution in [0, 0.1) is 10.1 Å². The maximum Gasteiger partial charge on any atom is 0.292 e. The molecule has 0 fully saturated rings. The van der Waals surface area contributed by atoms with E-state index in [0.29, 0.717) is 12.2 Å². The summed E-state index contributed by atoms with van der Waals surface area (Å²) >= 11 is 1.63. The highest BCUT2D eigenvalue weighted by Gasteiger charge is 2.29. The number of aliphatic imine (C=N–C) groups is 1. The lowest BCUT2D eigenvalue weighted by atomic mass is 10.1. The first kappa shape index (κ1) is 22.3. The summed E-state index contributed by atoms with van der Waals surface area (Å²) in [6, 6.07) is 9.68. The molecule has 2 rings (SSSR count). The molecule has 0 spiro atoms. The highest BCUT2D eigenvalue weighted by Crippen LogP contribution is 2.22. The van der Waals surface area contributed by atoms with Gasteiger partial charge >= 0.3 is 0 Å². The first-order chi connectivity index (χ1) is 13.2. The molecule has 1 aromatic carbocycles. The number of rotatable bonds is 9. The fraction of sp³-hybridized carbons (Fsp3) is 0.389. The van der Waals surface area contributed by atoms with E-state index >= 15 is 0 Å². The van der Waals surface area contributed by atoms with Crippen LogP contribution in [0.4, 0.5) is 0 Å². The number of sulfonamides is 1. The molecule has 152 valence electrons. The first-order valence-corrected chi connectivity index (χ1v) is 11.2. The summed E-state index contributed by atoms with van der Waals surface area (Å²) in [6.45, 7) is 0.776. The Morgan fingerprint density at radius 3 is 2.57 bits per heavy atom. The van der Waals surface area contributed by atoms with Crippen LogP contribution in [-0.4, -0.2) is 61.6 Å². The minimum atomic E-state index is -3.95. The Morgan fingerprint density at radius 2 is 2.00 bits per heavy atom. The van der Waals surface area contributed by atoms with Crippen LogP contribution in [0.3, 0.4) is 0 Å². The number of hydrogen-bond acceptors (Lipinski definition) is 7. The maximum absolute atomic E-state index is 11.5. The molecule has 0 aromatic heterocycles. The lowest BCUT2D eigenvalue weighted by Gasteiger charge is -2.18. The molecule has 2 atom stereocenters. The molecule has 1 aromatic rings. The number of nitrogens with zero attached hydrogens (tertiary/aromatic N) is 3. The van der Waals surface area contributed by atoms with Gasteiger partial charge < -0.3 is 4.90 Å². The third-order valence-corrected chi connectivity index (χ3v) is 6.23. The molecule has 0 radical (unpaired) electrons. The van der Waals surface area contributed by atoms with Crippen LogP contribution in [-0.2, 0) is 10.0 Å². The number of benzene rings is 1. The van der Waals surface area contributed by atoms with Gasteiger partial charge in [0.15, 0.2) is 0 Å². The van der Waals surface area contributed by atoms with Gasteiger partial charge in [0, 0.05) is 16.7 Å². The SMILES string of the molecule is CN(C)CC[C@H](CSc1ccccc1)/N=C1\C=CC(S(N)(=O)=O)C=C1[N+](=O)[O-]. The molecule has 1 aliphatic rings. The van der Waals surface area contributed by atoms with Crippen LogP contribution in [0.25, 0.3) is 0 Å². The molecule has 8 nitrogen and oxygen atoms in total. The van der Waals surface area contributed by atoms with Gasteiger partial charge in [0.25, 0.3) is 5.70 Å². The predicted molar refractivity (Wildman–Crippen MR) is 113 cm³/mol. The Morgan fingerprint density at radius 1 is 1.32 bits per heavy atom. The molecular formula is C18H24N4O4S2. The van der Waals surface area contributed by atoms with Crippen molar-refractivity contribution >= 4 is 27.5 Å². The van der Waals surface area contributed by atoms with Crippen LogP contribution in [0.2, 0.25) is 0 Å². The standard InChI is InChI=1S/C18H24N4O4S2/c1-21(2)11-10-14(13-27-15-6-4-3-5-7-15)20-17-9-8-16(28(19,25)26)12-18(17)22(23)24/h3-9,12,14,16H,10-11,13H2,1-2H3,(H2,19,25,26)/b20-17+/t14-,16?/m1/s1. The van der Waals surface area contributed by atoms with Gasteiger partial charge in [-0.05, 0) is 45.3 Å². The van der Waals surface area contributed by atoms with Crippen molar-refractivity contribution in [2.75, 3.05) is 26.4 Å². The number of nitro groups is 1. The number of hydrogen-bond donors (Lipinski definition) is 1. The summed E-state index contributed by atoms with van der Waals surface area (Å²) < 4.78 is 23.1. The third kappa shape index (κ3) is 6.86. The van der Waals surface area contributed by atoms with E-state index in [2.05, 4.69) is 4.99 Å². The van der Waals surface area contributed by atoms with Crippen molar-refractivity contribution in [3.8, 4) is 0 Å². The van der Waals surface area contributed by atoms with Gasteiger partial charge in [-0.3, -0.25) is 15.1 Å². The third-order valence-electron chi connectivity index (χ3n) is 4.02. The molecule has 2 N–H and O–H groups in total. The van der Waals surface area contributed by atoms with E-state index < -0.39 is 20.2 Å². The average Bonchev–Trinajstić information content (AvgIpc) is 2.63. The normalized spacial score (nSPS) is 19.6. The summed E-state index contributed by atoms with van der Waals surface area (Å²) in [4.78, 5) is 18.5. The van der Waals surface area contributed by atoms with Gasteiger partial charge in [0.1, 0.15) is 11.0 Å². The number of allylic oxidation sites excluding steroid dienone is 1. The Balaban J connectivity index is 2.24. The largest absolute Gasteiger partial charge is 0.309 e. The van der Waals surface area contributed by atoms with E-state index in [4.69, 9.17) is 5.14 Å². The summed E-state index contributed by atoms with van der Waals surface area (Å²) in [5.41, 5.74) is -0.164. The quantitative estimate of drug-likeness (QED) is 0.367. The Labute approximate surface area is 169 Å². The van der Waals surface area contributed by atoms with Crippen LogP contribution in [0.5, 0.6) is 0 Å². The van der Waals surface area contributed by atoms with Crippen molar-refractivity contribution in [2.45, 2.75) is 22.6 Å². The van der Waals surface area contributed by atoms with Gasteiger partial charge in [-0.25, -0.2) is 13.6 Å². The number of primary sulfonamides is 1. The van der Waals surface area contributed by atoms with E-state index in [9.17, 15) is 18.5 Å². The van der Waals surface area contributed by atoms with E-state index in [1.165, 1.54) is 12.2 Å². The highest BCUT2D eigenvalue weighted by molar-refractivity contribution is 7.99. The fourth-order valence-electron chi connectivity index (χ4n) is 2.53. The molecule has 10 heteroatoms. The second kappa shape index (κ2) is 9.97. The van der Waals surface area contributed by atoms with E-state index in [-0.39, 0.29) is 17.5 Å². The van der Waals surface area contributed by atoms with E-state index in [0.717, 1.165) is 17.5 Å². The van der Waals surface area contributed by atoms with Crippen molar-refractivity contribution in [3.05, 3.63) is 64.4 Å². The molecule has 0 saturated heterocycles. The van der Waals surface area contributed by atoms with Gasteiger partial charge in [-0.2, -0.15) is 0 Å². The number of nitrogens with two attached hydrogens (primary N) is 1. The summed E-state index contributed by atoms with van der Waals surface area (Å²) in [6.07, 6.45) is 4.47. The van der Waals surface area contributed by atoms with Crippen molar-refractivity contribution in [3.63, 3.8) is 0 Å². The molecule has 0 bridgehead atoms. The fourth-order valence-corrected chi connectivity index (χ4v) is 4.13. The first-order valence-electron chi connectivity index (χ1n) is 8.63. The average molecular weight is 425 g/mol. The molecule has 0 saturated carbocycles. The Bertz CT molecular complexity index is 880. The van der Waals surface area contributed by atoms with Crippen LogP contribution < -0.4 is 5.14 Å². The van der Waals surface area contributed by atoms with E-state index in [1.807, 2.05) is 49.3 Å². The minimum Gasteiger partial charge on any atom is -0.309 e. The van der Waals surface area contributed by atoms with Crippen molar-refractivity contribution < 1.29 is 13.3 Å². The minimum absolute atomic E-state index is 0.165. The van der Waals surface area contributed by atoms with Crippen LogP contribution in [0.1, 0.15) is 6.42 Å². The second-order valence-corrected chi connectivity index (χ2v) is 9.42. The molecular weight excluding hydrogens is 400 g/mol. The van der Waals surface area contributed by atoms with Crippen molar-refractivity contribution in [1.29, 1.82) is 0 Å². The zero-order valence-corrected chi connectivity index (χ0v) is 17.4. The molecule has 1 unspecified atom stereocenters. The molecule has 0 amide bonds. The molecule has 28 heavy (non-hydrogen) atoms. The van der Waals surface area contributed by atoms with Crippen LogP contribution >= 0.6 is 11.8 Å². The monoisotopic (exact) mass is 424 g/mol.